The number of nitrogens with one attached hydrogen (secondary N) is 1. The molecule has 1 aromatic heterocycles. The van der Waals surface area contributed by atoms with Crippen molar-refractivity contribution < 1.29 is 4.74 Å². The summed E-state index contributed by atoms with van der Waals surface area (Å²) in [5.74, 6) is 1.48. The molecule has 2 aromatic rings. The van der Waals surface area contributed by atoms with E-state index in [1.807, 2.05) is 31.2 Å². The molecule has 2 rings (SSSR count). The van der Waals surface area contributed by atoms with E-state index in [2.05, 4.69) is 21.3 Å². The highest BCUT2D eigenvalue weighted by Crippen LogP contribution is 2.23. The number of rotatable bonds is 4. The van der Waals surface area contributed by atoms with Crippen molar-refractivity contribution in [3.63, 3.8) is 0 Å². The normalized spacial score (nSPS) is 11.8. The number of aromatic nitrogens is 3. The molecule has 5 nitrogen and oxygen atoms in total. The molecule has 1 atom stereocenters. The first-order valence-corrected chi connectivity index (χ1v) is 6.24. The summed E-state index contributed by atoms with van der Waals surface area (Å²) in [4.78, 5) is 4.33. The first-order valence-electron chi connectivity index (χ1n) is 5.36. The minimum Gasteiger partial charge on any atom is -0.497 e. The van der Waals surface area contributed by atoms with Gasteiger partial charge in [0, 0.05) is 5.56 Å². The zero-order valence-electron chi connectivity index (χ0n) is 10.0. The molecular weight excluding hydrogens is 248 g/mol. The van der Waals surface area contributed by atoms with Crippen LogP contribution < -0.4 is 4.74 Å². The quantitative estimate of drug-likeness (QED) is 0.855. The molecule has 0 aliphatic heterocycles. The van der Waals surface area contributed by atoms with Crippen LogP contribution in [0.1, 0.15) is 6.92 Å². The lowest BCUT2D eigenvalue weighted by atomic mass is 10.2. The van der Waals surface area contributed by atoms with Crippen LogP contribution in [0.3, 0.4) is 0 Å². The van der Waals surface area contributed by atoms with Crippen molar-refractivity contribution >= 4 is 11.8 Å². The molecule has 0 spiro atoms. The zero-order valence-corrected chi connectivity index (χ0v) is 10.9. The Bertz CT molecular complexity index is 558. The Labute approximate surface area is 109 Å². The van der Waals surface area contributed by atoms with Crippen LogP contribution in [0.2, 0.25) is 0 Å². The number of aromatic amines is 1. The van der Waals surface area contributed by atoms with Gasteiger partial charge in [-0.15, -0.1) is 5.10 Å². The maximum Gasteiger partial charge on any atom is 0.210 e. The van der Waals surface area contributed by atoms with E-state index in [0.717, 1.165) is 11.3 Å². The minimum atomic E-state index is -0.162. The molecule has 1 aromatic carbocycles. The third-order valence-electron chi connectivity index (χ3n) is 2.29. The van der Waals surface area contributed by atoms with Crippen molar-refractivity contribution in [2.24, 2.45) is 0 Å². The third-order valence-corrected chi connectivity index (χ3v) is 3.14. The highest BCUT2D eigenvalue weighted by atomic mass is 32.2. The van der Waals surface area contributed by atoms with E-state index in [9.17, 15) is 0 Å². The summed E-state index contributed by atoms with van der Waals surface area (Å²) in [5, 5.41) is 16.1. The first-order chi connectivity index (χ1) is 8.72. The van der Waals surface area contributed by atoms with Crippen LogP contribution in [0, 0.1) is 11.3 Å². The van der Waals surface area contributed by atoms with Gasteiger partial charge in [-0.05, 0) is 31.2 Å². The summed E-state index contributed by atoms with van der Waals surface area (Å²) in [5.41, 5.74) is 0.930. The van der Waals surface area contributed by atoms with Crippen LogP contribution in [0.15, 0.2) is 29.4 Å². The molecule has 0 aliphatic rings. The molecule has 0 amide bonds. The first kappa shape index (κ1) is 12.5. The number of methoxy groups -OCH3 is 1. The van der Waals surface area contributed by atoms with Gasteiger partial charge in [0.2, 0.25) is 5.16 Å². The lowest BCUT2D eigenvalue weighted by molar-refractivity contribution is 0.415. The van der Waals surface area contributed by atoms with Gasteiger partial charge in [0.25, 0.3) is 0 Å². The van der Waals surface area contributed by atoms with Crippen molar-refractivity contribution in [3.05, 3.63) is 24.3 Å². The van der Waals surface area contributed by atoms with E-state index >= 15 is 0 Å². The molecule has 18 heavy (non-hydrogen) atoms. The Balaban J connectivity index is 2.16. The molecule has 0 aliphatic carbocycles. The van der Waals surface area contributed by atoms with E-state index in [1.165, 1.54) is 11.8 Å². The van der Waals surface area contributed by atoms with Gasteiger partial charge in [-0.25, -0.2) is 4.98 Å². The van der Waals surface area contributed by atoms with Crippen LogP contribution in [0.5, 0.6) is 5.75 Å². The zero-order chi connectivity index (χ0) is 13.0. The largest absolute Gasteiger partial charge is 0.497 e. The fourth-order valence-electron chi connectivity index (χ4n) is 1.36. The number of hydrogen-bond acceptors (Lipinski definition) is 5. The summed E-state index contributed by atoms with van der Waals surface area (Å²) in [6, 6.07) is 9.67. The average molecular weight is 260 g/mol. The Morgan fingerprint density at radius 2 is 2.11 bits per heavy atom. The Hall–Kier alpha value is -2.00. The van der Waals surface area contributed by atoms with Crippen LogP contribution >= 0.6 is 11.8 Å². The van der Waals surface area contributed by atoms with Crippen molar-refractivity contribution in [2.75, 3.05) is 7.11 Å². The maximum atomic E-state index is 8.73. The summed E-state index contributed by atoms with van der Waals surface area (Å²) < 4.78 is 5.09. The average Bonchev–Trinajstić information content (AvgIpc) is 2.87. The monoisotopic (exact) mass is 260 g/mol. The van der Waals surface area contributed by atoms with Crippen molar-refractivity contribution in [3.8, 4) is 23.2 Å². The smallest absolute Gasteiger partial charge is 0.210 e. The van der Waals surface area contributed by atoms with Crippen LogP contribution in [-0.4, -0.2) is 27.5 Å². The number of H-pyrrole nitrogens is 1. The van der Waals surface area contributed by atoms with Gasteiger partial charge in [-0.3, -0.25) is 5.10 Å². The molecule has 1 N–H and O–H groups in total. The molecule has 0 radical (unpaired) electrons. The fourth-order valence-corrected chi connectivity index (χ4v) is 1.97. The molecule has 0 saturated carbocycles. The van der Waals surface area contributed by atoms with E-state index in [0.29, 0.717) is 11.0 Å². The topological polar surface area (TPSA) is 74.6 Å². The molecule has 0 fully saturated rings. The van der Waals surface area contributed by atoms with E-state index in [1.54, 1.807) is 7.11 Å². The predicted octanol–water partition coefficient (Wildman–Crippen LogP) is 2.48. The Kier molecular flexibility index (Phi) is 3.85. The fraction of sp³-hybridized carbons (Fsp3) is 0.250. The molecule has 0 bridgehead atoms. The van der Waals surface area contributed by atoms with E-state index in [4.69, 9.17) is 10.00 Å². The lowest BCUT2D eigenvalue weighted by Gasteiger charge is -1.99. The van der Waals surface area contributed by atoms with Gasteiger partial charge in [-0.1, -0.05) is 11.8 Å². The molecule has 6 heteroatoms. The van der Waals surface area contributed by atoms with Crippen molar-refractivity contribution in [1.82, 2.24) is 15.2 Å². The number of hydrogen-bond donors (Lipinski definition) is 1. The molecule has 0 saturated heterocycles. The summed E-state index contributed by atoms with van der Waals surface area (Å²) >= 11 is 1.33. The number of benzene rings is 1. The standard InChI is InChI=1S/C12H12N4OS/c1-8(7-13)18-12-14-11(15-16-12)9-3-5-10(17-2)6-4-9/h3-6,8H,1-2H3,(H,14,15,16). The lowest BCUT2D eigenvalue weighted by Crippen LogP contribution is -1.90. The Morgan fingerprint density at radius 1 is 1.39 bits per heavy atom. The van der Waals surface area contributed by atoms with Crippen LogP contribution in [0.25, 0.3) is 11.4 Å². The van der Waals surface area contributed by atoms with Gasteiger partial charge < -0.3 is 4.74 Å². The molecule has 1 unspecified atom stereocenters. The van der Waals surface area contributed by atoms with Crippen LogP contribution in [-0.2, 0) is 0 Å². The van der Waals surface area contributed by atoms with Gasteiger partial charge in [-0.2, -0.15) is 5.26 Å². The number of nitrogens with zero attached hydrogens (tertiary/aromatic N) is 3. The molecule has 1 heterocycles. The van der Waals surface area contributed by atoms with E-state index in [-0.39, 0.29) is 5.25 Å². The van der Waals surface area contributed by atoms with Crippen molar-refractivity contribution in [2.45, 2.75) is 17.3 Å². The summed E-state index contributed by atoms with van der Waals surface area (Å²) in [6.07, 6.45) is 0. The third kappa shape index (κ3) is 2.81. The van der Waals surface area contributed by atoms with Crippen molar-refractivity contribution in [1.29, 1.82) is 5.26 Å². The number of ether oxygens (including phenoxy) is 1. The number of nitriles is 1. The van der Waals surface area contributed by atoms with Gasteiger partial charge in [0.05, 0.1) is 18.4 Å². The Morgan fingerprint density at radius 3 is 2.72 bits per heavy atom. The second-order valence-corrected chi connectivity index (χ2v) is 4.89. The second kappa shape index (κ2) is 5.56. The minimum absolute atomic E-state index is 0.162. The van der Waals surface area contributed by atoms with Gasteiger partial charge in [0.1, 0.15) is 5.75 Å². The highest BCUT2D eigenvalue weighted by Gasteiger charge is 2.09. The maximum absolute atomic E-state index is 8.73. The predicted molar refractivity (Wildman–Crippen MR) is 69.3 cm³/mol. The molecular formula is C12H12N4OS. The van der Waals surface area contributed by atoms with Gasteiger partial charge in [0.15, 0.2) is 5.82 Å². The number of thioether (sulfide) groups is 1. The SMILES string of the molecule is COc1ccc(-c2nc(SC(C)C#N)n[nH]2)cc1. The second-order valence-electron chi connectivity index (χ2n) is 3.58. The van der Waals surface area contributed by atoms with E-state index < -0.39 is 0 Å². The van der Waals surface area contributed by atoms with Crippen LogP contribution in [0.4, 0.5) is 0 Å². The van der Waals surface area contributed by atoms with Gasteiger partial charge >= 0.3 is 0 Å². The summed E-state index contributed by atoms with van der Waals surface area (Å²) in [6.45, 7) is 1.81. The molecule has 92 valence electrons. The highest BCUT2D eigenvalue weighted by molar-refractivity contribution is 8.00. The summed E-state index contributed by atoms with van der Waals surface area (Å²) in [7, 11) is 1.63.